The maximum atomic E-state index is 12.1. The van der Waals surface area contributed by atoms with E-state index in [1.165, 1.54) is 0 Å². The summed E-state index contributed by atoms with van der Waals surface area (Å²) in [5.74, 6) is 0. The third-order valence-corrected chi connectivity index (χ3v) is 4.43. The number of nitrogens with zero attached hydrogens (tertiary/aromatic N) is 2. The largest absolute Gasteiger partial charge is 0.345 e. The molecule has 1 aromatic carbocycles. The number of rotatable bonds is 5. The molecule has 4 heteroatoms. The van der Waals surface area contributed by atoms with Gasteiger partial charge in [0.1, 0.15) is 0 Å². The molecule has 0 saturated heterocycles. The van der Waals surface area contributed by atoms with Crippen LogP contribution in [0.4, 0.5) is 5.13 Å². The van der Waals surface area contributed by atoms with Crippen LogP contribution in [0.25, 0.3) is 10.1 Å². The van der Waals surface area contributed by atoms with Gasteiger partial charge in [0, 0.05) is 17.3 Å². The van der Waals surface area contributed by atoms with E-state index in [2.05, 4.69) is 30.7 Å². The number of benzene rings is 1. The highest BCUT2D eigenvalue weighted by atomic mass is 32.1. The summed E-state index contributed by atoms with van der Waals surface area (Å²) in [4.78, 5) is 18.6. The van der Waals surface area contributed by atoms with E-state index in [1.807, 2.05) is 24.3 Å². The molecular weight excluding hydrogens is 256 g/mol. The molecule has 1 unspecified atom stereocenters. The molecule has 0 aliphatic heterocycles. The molecule has 0 aliphatic rings. The highest BCUT2D eigenvalue weighted by Crippen LogP contribution is 2.25. The van der Waals surface area contributed by atoms with E-state index >= 15 is 0 Å². The fourth-order valence-corrected chi connectivity index (χ4v) is 3.21. The van der Waals surface area contributed by atoms with Crippen LogP contribution >= 0.6 is 11.3 Å². The Balaban J connectivity index is 2.51. The molecule has 0 fully saturated rings. The van der Waals surface area contributed by atoms with E-state index in [0.29, 0.717) is 6.04 Å². The zero-order valence-electron chi connectivity index (χ0n) is 11.7. The van der Waals surface area contributed by atoms with Crippen molar-refractivity contribution >= 4 is 26.6 Å². The maximum absolute atomic E-state index is 12.1. The zero-order chi connectivity index (χ0) is 13.8. The molecule has 1 atom stereocenters. The normalized spacial score (nSPS) is 12.6. The highest BCUT2D eigenvalue weighted by molar-refractivity contribution is 7.21. The molecular formula is C15H20N2OS. The van der Waals surface area contributed by atoms with Crippen LogP contribution in [-0.2, 0) is 0 Å². The lowest BCUT2D eigenvalue weighted by Crippen LogP contribution is -2.34. The number of hydrogen-bond acceptors (Lipinski definition) is 4. The second kappa shape index (κ2) is 6.15. The van der Waals surface area contributed by atoms with Gasteiger partial charge in [0.2, 0.25) is 0 Å². The first-order valence-corrected chi connectivity index (χ1v) is 7.65. The zero-order valence-corrected chi connectivity index (χ0v) is 12.5. The van der Waals surface area contributed by atoms with Crippen molar-refractivity contribution in [2.45, 2.75) is 39.7 Å². The summed E-state index contributed by atoms with van der Waals surface area (Å²) >= 11 is 1.61. The smallest absolute Gasteiger partial charge is 0.281 e. The first-order chi connectivity index (χ1) is 9.17. The van der Waals surface area contributed by atoms with Gasteiger partial charge in [-0.3, -0.25) is 4.79 Å². The van der Waals surface area contributed by atoms with Gasteiger partial charge < -0.3 is 4.90 Å². The lowest BCUT2D eigenvalue weighted by Gasteiger charge is -2.28. The average Bonchev–Trinajstić information content (AvgIpc) is 2.44. The molecule has 0 N–H and O–H groups in total. The monoisotopic (exact) mass is 276 g/mol. The predicted octanol–water partition coefficient (Wildman–Crippen LogP) is 3.67. The van der Waals surface area contributed by atoms with Crippen molar-refractivity contribution in [3.63, 3.8) is 0 Å². The van der Waals surface area contributed by atoms with Crippen LogP contribution in [-0.4, -0.2) is 17.6 Å². The van der Waals surface area contributed by atoms with Gasteiger partial charge in [-0.1, -0.05) is 37.3 Å². The van der Waals surface area contributed by atoms with E-state index in [0.717, 1.165) is 34.6 Å². The number of fused-ring (bicyclic) bond motifs is 1. The predicted molar refractivity (Wildman–Crippen MR) is 83.3 cm³/mol. The van der Waals surface area contributed by atoms with E-state index in [-0.39, 0.29) is 5.56 Å². The van der Waals surface area contributed by atoms with Crippen LogP contribution in [0, 0.1) is 0 Å². The molecule has 0 bridgehead atoms. The van der Waals surface area contributed by atoms with E-state index in [9.17, 15) is 4.79 Å². The summed E-state index contributed by atoms with van der Waals surface area (Å²) in [6.07, 6.45) is 2.11. The van der Waals surface area contributed by atoms with E-state index in [4.69, 9.17) is 0 Å². The molecule has 2 rings (SSSR count). The highest BCUT2D eigenvalue weighted by Gasteiger charge is 2.16. The molecule has 0 aliphatic carbocycles. The van der Waals surface area contributed by atoms with Crippen molar-refractivity contribution in [1.29, 1.82) is 0 Å². The van der Waals surface area contributed by atoms with Gasteiger partial charge in [0.15, 0.2) is 5.13 Å². The summed E-state index contributed by atoms with van der Waals surface area (Å²) in [6, 6.07) is 8.10. The maximum Gasteiger partial charge on any atom is 0.281 e. The third kappa shape index (κ3) is 2.95. The Bertz CT molecular complexity index is 608. The molecule has 0 radical (unpaired) electrons. The Labute approximate surface area is 117 Å². The minimum absolute atomic E-state index is 0.117. The topological polar surface area (TPSA) is 33.2 Å². The van der Waals surface area contributed by atoms with Gasteiger partial charge in [-0.2, -0.15) is 4.98 Å². The molecule has 0 saturated carbocycles. The summed E-state index contributed by atoms with van der Waals surface area (Å²) in [5, 5.41) is 1.57. The molecule has 1 aromatic heterocycles. The number of aromatic nitrogens is 1. The number of hydrogen-bond donors (Lipinski definition) is 0. The van der Waals surface area contributed by atoms with Crippen molar-refractivity contribution in [1.82, 2.24) is 4.98 Å². The van der Waals surface area contributed by atoms with Crippen LogP contribution in [0.5, 0.6) is 0 Å². The van der Waals surface area contributed by atoms with Crippen LogP contribution < -0.4 is 10.5 Å². The van der Waals surface area contributed by atoms with Crippen molar-refractivity contribution in [3.05, 3.63) is 34.6 Å². The Morgan fingerprint density at radius 1 is 1.32 bits per heavy atom. The summed E-state index contributed by atoms with van der Waals surface area (Å²) in [7, 11) is 0. The molecule has 0 amide bonds. The minimum atomic E-state index is -0.117. The van der Waals surface area contributed by atoms with Crippen molar-refractivity contribution in [2.24, 2.45) is 0 Å². The van der Waals surface area contributed by atoms with Gasteiger partial charge in [-0.25, -0.2) is 0 Å². The van der Waals surface area contributed by atoms with Crippen LogP contribution in [0.2, 0.25) is 0 Å². The molecule has 2 aromatic rings. The van der Waals surface area contributed by atoms with Crippen molar-refractivity contribution < 1.29 is 0 Å². The summed E-state index contributed by atoms with van der Waals surface area (Å²) < 4.78 is 1.02. The molecule has 19 heavy (non-hydrogen) atoms. The standard InChI is InChI=1S/C15H20N2OS/c1-4-10-17(11(3)5-2)15-16-14(18)12-8-6-7-9-13(12)19-15/h6-9,11H,4-5,10H2,1-3H3. The van der Waals surface area contributed by atoms with Crippen molar-refractivity contribution in [2.75, 3.05) is 11.4 Å². The Kier molecular flexibility index (Phi) is 4.53. The van der Waals surface area contributed by atoms with Gasteiger partial charge in [0.25, 0.3) is 5.56 Å². The first kappa shape index (κ1) is 14.0. The SMILES string of the molecule is CCCN(c1nc(=O)c2ccccc2s1)C(C)CC. The molecule has 102 valence electrons. The fraction of sp³-hybridized carbons (Fsp3) is 0.467. The Morgan fingerprint density at radius 2 is 2.05 bits per heavy atom. The average molecular weight is 276 g/mol. The minimum Gasteiger partial charge on any atom is -0.345 e. The van der Waals surface area contributed by atoms with Gasteiger partial charge in [-0.05, 0) is 31.9 Å². The second-order valence-electron chi connectivity index (χ2n) is 4.75. The van der Waals surface area contributed by atoms with Crippen LogP contribution in [0.3, 0.4) is 0 Å². The van der Waals surface area contributed by atoms with E-state index < -0.39 is 0 Å². The quantitative estimate of drug-likeness (QED) is 0.835. The first-order valence-electron chi connectivity index (χ1n) is 6.83. The summed E-state index contributed by atoms with van der Waals surface area (Å²) in [6.45, 7) is 7.44. The lowest BCUT2D eigenvalue weighted by molar-refractivity contribution is 0.607. The second-order valence-corrected chi connectivity index (χ2v) is 5.76. The third-order valence-electron chi connectivity index (χ3n) is 3.35. The van der Waals surface area contributed by atoms with Crippen molar-refractivity contribution in [3.8, 4) is 0 Å². The van der Waals surface area contributed by atoms with Gasteiger partial charge in [0.05, 0.1) is 5.39 Å². The molecule has 0 spiro atoms. The summed E-state index contributed by atoms with van der Waals surface area (Å²) in [5.41, 5.74) is -0.117. The van der Waals surface area contributed by atoms with Gasteiger partial charge in [-0.15, -0.1) is 0 Å². The van der Waals surface area contributed by atoms with Crippen LogP contribution in [0.15, 0.2) is 29.1 Å². The Morgan fingerprint density at radius 3 is 2.74 bits per heavy atom. The molecule has 3 nitrogen and oxygen atoms in total. The van der Waals surface area contributed by atoms with Gasteiger partial charge >= 0.3 is 0 Å². The van der Waals surface area contributed by atoms with Crippen LogP contribution in [0.1, 0.15) is 33.6 Å². The number of anilines is 1. The molecule has 1 heterocycles. The van der Waals surface area contributed by atoms with E-state index in [1.54, 1.807) is 11.3 Å². The fourth-order valence-electron chi connectivity index (χ4n) is 2.09. The lowest BCUT2D eigenvalue weighted by atomic mass is 10.2. The Hall–Kier alpha value is -1.42.